The normalized spacial score (nSPS) is 19.8. The first kappa shape index (κ1) is 25.2. The number of hydrogen-bond donors (Lipinski definition) is 1. The van der Waals surface area contributed by atoms with E-state index in [4.69, 9.17) is 9.97 Å². The molecular weight excluding hydrogens is 446 g/mol. The van der Waals surface area contributed by atoms with E-state index in [0.717, 1.165) is 82.7 Å². The third kappa shape index (κ3) is 4.64. The summed E-state index contributed by atoms with van der Waals surface area (Å²) >= 11 is 0. The van der Waals surface area contributed by atoms with Gasteiger partial charge in [0.25, 0.3) is 0 Å². The van der Waals surface area contributed by atoms with Gasteiger partial charge in [0.15, 0.2) is 5.65 Å². The van der Waals surface area contributed by atoms with Crippen LogP contribution in [0.4, 0.5) is 5.69 Å². The molecule has 0 aliphatic carbocycles. The monoisotopic (exact) mass is 489 g/mol. The zero-order valence-corrected chi connectivity index (χ0v) is 22.6. The maximum atomic E-state index is 5.24. The molecule has 2 saturated heterocycles. The molecule has 1 atom stereocenters. The van der Waals surface area contributed by atoms with Crippen molar-refractivity contribution in [2.24, 2.45) is 0 Å². The fourth-order valence-corrected chi connectivity index (χ4v) is 6.38. The number of imidazole rings is 1. The summed E-state index contributed by atoms with van der Waals surface area (Å²) in [6.45, 7) is 11.7. The van der Waals surface area contributed by atoms with Crippen LogP contribution in [0.15, 0.2) is 42.6 Å². The molecule has 36 heavy (non-hydrogen) atoms. The van der Waals surface area contributed by atoms with Crippen molar-refractivity contribution in [2.45, 2.75) is 57.7 Å². The summed E-state index contributed by atoms with van der Waals surface area (Å²) in [5.74, 6) is 1.19. The highest BCUT2D eigenvalue weighted by atomic mass is 15.3. The summed E-state index contributed by atoms with van der Waals surface area (Å²) < 4.78 is 2.35. The van der Waals surface area contributed by atoms with Crippen LogP contribution in [0.3, 0.4) is 0 Å². The Hall–Kier alpha value is -2.48. The molecule has 1 aromatic carbocycles. The van der Waals surface area contributed by atoms with Crippen LogP contribution in [0.5, 0.6) is 0 Å². The number of nitrogens with zero attached hydrogens (tertiary/aromatic N) is 6. The molecule has 5 rings (SSSR count). The standard InChI is InChI=1S/C29H43N7/c1-5-10-26(35-19-15-30-16-20-35)28-32-25-21-24(22-31-27(25)36(28)6-2)34-17-13-29(14-18-34,33(3)4)23-11-8-7-9-12-23/h7-9,11-12,21-22,26,30H,5-6,10,13-20H2,1-4H3. The van der Waals surface area contributed by atoms with Gasteiger partial charge >= 0.3 is 0 Å². The fourth-order valence-electron chi connectivity index (χ4n) is 6.38. The van der Waals surface area contributed by atoms with Gasteiger partial charge in [-0.15, -0.1) is 0 Å². The van der Waals surface area contributed by atoms with Gasteiger partial charge in [-0.25, -0.2) is 9.97 Å². The zero-order chi connectivity index (χ0) is 25.1. The highest BCUT2D eigenvalue weighted by Crippen LogP contribution is 2.39. The Kier molecular flexibility index (Phi) is 7.60. The van der Waals surface area contributed by atoms with E-state index in [1.807, 2.05) is 0 Å². The van der Waals surface area contributed by atoms with Crippen LogP contribution in [0.2, 0.25) is 0 Å². The number of piperidine rings is 1. The maximum Gasteiger partial charge on any atom is 0.160 e. The van der Waals surface area contributed by atoms with Gasteiger partial charge in [0.2, 0.25) is 0 Å². The smallest absolute Gasteiger partial charge is 0.160 e. The SMILES string of the molecule is CCCC(c1nc2cc(N3CCC(c4ccccc4)(N(C)C)CC3)cnc2n1CC)N1CCNCC1. The molecule has 4 heterocycles. The lowest BCUT2D eigenvalue weighted by molar-refractivity contribution is 0.115. The summed E-state index contributed by atoms with van der Waals surface area (Å²) in [7, 11) is 4.45. The van der Waals surface area contributed by atoms with Crippen molar-refractivity contribution < 1.29 is 0 Å². The van der Waals surface area contributed by atoms with Crippen molar-refractivity contribution in [3.05, 3.63) is 54.0 Å². The van der Waals surface area contributed by atoms with Gasteiger partial charge in [0.05, 0.1) is 17.9 Å². The molecule has 2 aromatic heterocycles. The lowest BCUT2D eigenvalue weighted by Crippen LogP contribution is -2.50. The van der Waals surface area contributed by atoms with Crippen LogP contribution in [0, 0.1) is 0 Å². The molecule has 0 spiro atoms. The molecule has 0 saturated carbocycles. The average Bonchev–Trinajstić information content (AvgIpc) is 3.30. The van der Waals surface area contributed by atoms with Crippen molar-refractivity contribution >= 4 is 16.9 Å². The molecule has 3 aromatic rings. The number of pyridine rings is 1. The van der Waals surface area contributed by atoms with Crippen LogP contribution in [0.1, 0.15) is 57.0 Å². The molecule has 2 aliphatic heterocycles. The van der Waals surface area contributed by atoms with E-state index in [-0.39, 0.29) is 5.54 Å². The van der Waals surface area contributed by atoms with E-state index in [2.05, 4.69) is 95.1 Å². The minimum Gasteiger partial charge on any atom is -0.370 e. The topological polar surface area (TPSA) is 52.5 Å². The van der Waals surface area contributed by atoms with Gasteiger partial charge in [-0.1, -0.05) is 43.7 Å². The number of hydrogen-bond acceptors (Lipinski definition) is 6. The van der Waals surface area contributed by atoms with Crippen molar-refractivity contribution in [3.8, 4) is 0 Å². The fraction of sp³-hybridized carbons (Fsp3) is 0.586. The van der Waals surface area contributed by atoms with E-state index in [0.29, 0.717) is 6.04 Å². The number of fused-ring (bicyclic) bond motifs is 1. The average molecular weight is 490 g/mol. The summed E-state index contributed by atoms with van der Waals surface area (Å²) in [6, 6.07) is 13.7. The predicted molar refractivity (Wildman–Crippen MR) is 149 cm³/mol. The molecule has 7 heteroatoms. The van der Waals surface area contributed by atoms with Gasteiger partial charge in [-0.2, -0.15) is 0 Å². The molecule has 0 bridgehead atoms. The maximum absolute atomic E-state index is 5.24. The van der Waals surface area contributed by atoms with Gasteiger partial charge in [0, 0.05) is 51.4 Å². The second-order valence-corrected chi connectivity index (χ2v) is 10.6. The number of aromatic nitrogens is 3. The van der Waals surface area contributed by atoms with E-state index in [1.165, 1.54) is 17.1 Å². The summed E-state index contributed by atoms with van der Waals surface area (Å²) in [5.41, 5.74) is 4.77. The van der Waals surface area contributed by atoms with Crippen LogP contribution < -0.4 is 10.2 Å². The van der Waals surface area contributed by atoms with Gasteiger partial charge in [-0.3, -0.25) is 9.80 Å². The quantitative estimate of drug-likeness (QED) is 0.510. The molecule has 2 aliphatic rings. The second-order valence-electron chi connectivity index (χ2n) is 10.6. The number of aryl methyl sites for hydroxylation is 1. The van der Waals surface area contributed by atoms with Gasteiger partial charge in [0.1, 0.15) is 11.3 Å². The van der Waals surface area contributed by atoms with E-state index in [1.54, 1.807) is 0 Å². The minimum atomic E-state index is 0.0862. The molecule has 0 radical (unpaired) electrons. The van der Waals surface area contributed by atoms with Crippen LogP contribution in [-0.4, -0.2) is 77.7 Å². The highest BCUT2D eigenvalue weighted by Gasteiger charge is 2.38. The van der Waals surface area contributed by atoms with E-state index >= 15 is 0 Å². The number of nitrogens with one attached hydrogen (secondary N) is 1. The van der Waals surface area contributed by atoms with Crippen molar-refractivity contribution in [3.63, 3.8) is 0 Å². The van der Waals surface area contributed by atoms with Crippen LogP contribution >= 0.6 is 0 Å². The Labute approximate surface area is 216 Å². The Morgan fingerprint density at radius 2 is 1.75 bits per heavy atom. The number of benzene rings is 1. The Morgan fingerprint density at radius 1 is 1.03 bits per heavy atom. The molecule has 7 nitrogen and oxygen atoms in total. The summed E-state index contributed by atoms with van der Waals surface area (Å²) in [5, 5.41) is 3.50. The molecule has 1 unspecified atom stereocenters. The van der Waals surface area contributed by atoms with E-state index in [9.17, 15) is 0 Å². The lowest BCUT2D eigenvalue weighted by Gasteiger charge is -2.47. The summed E-state index contributed by atoms with van der Waals surface area (Å²) in [4.78, 5) is 17.8. The van der Waals surface area contributed by atoms with Crippen molar-refractivity contribution in [2.75, 3.05) is 58.3 Å². The van der Waals surface area contributed by atoms with Crippen LogP contribution in [-0.2, 0) is 12.1 Å². The van der Waals surface area contributed by atoms with Gasteiger partial charge in [-0.05, 0) is 51.9 Å². The lowest BCUT2D eigenvalue weighted by atomic mass is 9.79. The molecule has 0 amide bonds. The molecular formula is C29H43N7. The van der Waals surface area contributed by atoms with Crippen molar-refractivity contribution in [1.29, 1.82) is 0 Å². The largest absolute Gasteiger partial charge is 0.370 e. The second kappa shape index (κ2) is 10.9. The number of anilines is 1. The Morgan fingerprint density at radius 3 is 2.39 bits per heavy atom. The first-order valence-corrected chi connectivity index (χ1v) is 13.9. The molecule has 1 N–H and O–H groups in total. The van der Waals surface area contributed by atoms with Gasteiger partial charge < -0.3 is 14.8 Å². The first-order chi connectivity index (χ1) is 17.6. The summed E-state index contributed by atoms with van der Waals surface area (Å²) in [6.07, 6.45) is 6.55. The zero-order valence-electron chi connectivity index (χ0n) is 22.6. The Bertz CT molecular complexity index is 1130. The Balaban J connectivity index is 1.41. The highest BCUT2D eigenvalue weighted by molar-refractivity contribution is 5.76. The van der Waals surface area contributed by atoms with E-state index < -0.39 is 0 Å². The number of piperazine rings is 1. The third-order valence-corrected chi connectivity index (χ3v) is 8.49. The third-order valence-electron chi connectivity index (χ3n) is 8.49. The minimum absolute atomic E-state index is 0.0862. The first-order valence-electron chi connectivity index (χ1n) is 13.9. The molecule has 194 valence electrons. The number of rotatable bonds is 8. The molecule has 2 fully saturated rings. The van der Waals surface area contributed by atoms with Crippen LogP contribution in [0.25, 0.3) is 11.2 Å². The predicted octanol–water partition coefficient (Wildman–Crippen LogP) is 4.25. The van der Waals surface area contributed by atoms with Crippen molar-refractivity contribution in [1.82, 2.24) is 29.7 Å².